The van der Waals surface area contributed by atoms with Gasteiger partial charge in [0.15, 0.2) is 5.78 Å². The molecule has 0 fully saturated rings. The molecule has 0 saturated heterocycles. The topological polar surface area (TPSA) is 43.1 Å². The van der Waals surface area contributed by atoms with Crippen molar-refractivity contribution in [3.8, 4) is 0 Å². The Balaban J connectivity index is 2.28. The third-order valence-electron chi connectivity index (χ3n) is 2.72. The number of nitrogen functional groups attached to an aromatic ring is 1. The molecule has 2 N–H and O–H groups in total. The second-order valence-electron chi connectivity index (χ2n) is 4.04. The lowest BCUT2D eigenvalue weighted by atomic mass is 10.0. The first-order valence-corrected chi connectivity index (χ1v) is 6.29. The Morgan fingerprint density at radius 1 is 1.16 bits per heavy atom. The highest BCUT2D eigenvalue weighted by molar-refractivity contribution is 9.10. The molecule has 0 saturated carbocycles. The molecule has 0 spiro atoms. The van der Waals surface area contributed by atoms with Gasteiger partial charge in [0, 0.05) is 16.5 Å². The Labute approximate surface area is 117 Å². The third kappa shape index (κ3) is 2.98. The molecule has 2 nitrogen and oxygen atoms in total. The minimum Gasteiger partial charge on any atom is -0.396 e. The number of Topliss-reactive ketones (excluding diaryl/α,β-unsaturated/α-hetero) is 1. The number of carbonyl (C=O) groups is 1. The van der Waals surface area contributed by atoms with Crippen LogP contribution in [-0.4, -0.2) is 5.78 Å². The van der Waals surface area contributed by atoms with Crippen molar-refractivity contribution in [2.45, 2.75) is 6.42 Å². The Morgan fingerprint density at radius 2 is 1.89 bits per heavy atom. The van der Waals surface area contributed by atoms with Crippen LogP contribution in [0.4, 0.5) is 14.5 Å². The molecule has 0 aliphatic carbocycles. The monoisotopic (exact) mass is 325 g/mol. The molecule has 0 aromatic heterocycles. The Bertz CT molecular complexity index is 643. The summed E-state index contributed by atoms with van der Waals surface area (Å²) in [5.41, 5.74) is 5.62. The lowest BCUT2D eigenvalue weighted by molar-refractivity contribution is 0.0992. The molecule has 0 atom stereocenters. The molecule has 0 radical (unpaired) electrons. The lowest BCUT2D eigenvalue weighted by Gasteiger charge is -2.06. The van der Waals surface area contributed by atoms with Gasteiger partial charge in [0.1, 0.15) is 11.6 Å². The summed E-state index contributed by atoms with van der Waals surface area (Å²) in [6.07, 6.45) is -0.160. The second-order valence-corrected chi connectivity index (χ2v) is 4.95. The molecule has 0 aliphatic heterocycles. The first-order chi connectivity index (χ1) is 8.99. The van der Waals surface area contributed by atoms with E-state index in [1.807, 2.05) is 0 Å². The summed E-state index contributed by atoms with van der Waals surface area (Å²) in [5.74, 6) is -1.56. The maximum atomic E-state index is 13.6. The van der Waals surface area contributed by atoms with Crippen LogP contribution in [-0.2, 0) is 6.42 Å². The van der Waals surface area contributed by atoms with Crippen molar-refractivity contribution in [3.05, 3.63) is 63.6 Å². The SMILES string of the molecule is Nc1c(F)cccc1C(=O)Cc1ccc(Br)cc1F. The summed E-state index contributed by atoms with van der Waals surface area (Å²) in [6.45, 7) is 0. The molecule has 0 aliphatic rings. The molecule has 0 amide bonds. The molecular formula is C14H10BrF2NO. The van der Waals surface area contributed by atoms with Gasteiger partial charge in [0.2, 0.25) is 0 Å². The Morgan fingerprint density at radius 3 is 2.58 bits per heavy atom. The van der Waals surface area contributed by atoms with Gasteiger partial charge in [-0.15, -0.1) is 0 Å². The molecule has 0 heterocycles. The van der Waals surface area contributed by atoms with Gasteiger partial charge in [-0.1, -0.05) is 28.1 Å². The van der Waals surface area contributed by atoms with Crippen molar-refractivity contribution >= 4 is 27.4 Å². The molecule has 2 rings (SSSR count). The minimum absolute atomic E-state index is 0.0716. The zero-order valence-corrected chi connectivity index (χ0v) is 11.4. The number of benzene rings is 2. The van der Waals surface area contributed by atoms with E-state index in [9.17, 15) is 13.6 Å². The van der Waals surface area contributed by atoms with Gasteiger partial charge in [-0.3, -0.25) is 4.79 Å². The number of para-hydroxylation sites is 1. The summed E-state index contributed by atoms with van der Waals surface area (Å²) in [7, 11) is 0. The van der Waals surface area contributed by atoms with Crippen molar-refractivity contribution in [3.63, 3.8) is 0 Å². The number of hydrogen-bond donors (Lipinski definition) is 1. The molecule has 19 heavy (non-hydrogen) atoms. The number of rotatable bonds is 3. The van der Waals surface area contributed by atoms with E-state index in [4.69, 9.17) is 5.73 Å². The number of nitrogens with two attached hydrogens (primary N) is 1. The highest BCUT2D eigenvalue weighted by Gasteiger charge is 2.15. The van der Waals surface area contributed by atoms with Crippen molar-refractivity contribution in [1.29, 1.82) is 0 Å². The fourth-order valence-corrected chi connectivity index (χ4v) is 2.05. The van der Waals surface area contributed by atoms with Gasteiger partial charge < -0.3 is 5.73 Å². The maximum Gasteiger partial charge on any atom is 0.169 e. The molecule has 2 aromatic carbocycles. The van der Waals surface area contributed by atoms with Crippen LogP contribution in [0.2, 0.25) is 0 Å². The van der Waals surface area contributed by atoms with Crippen LogP contribution >= 0.6 is 15.9 Å². The molecule has 0 unspecified atom stereocenters. The largest absolute Gasteiger partial charge is 0.396 e. The summed E-state index contributed by atoms with van der Waals surface area (Å²) < 4.78 is 27.5. The highest BCUT2D eigenvalue weighted by atomic mass is 79.9. The maximum absolute atomic E-state index is 13.6. The van der Waals surface area contributed by atoms with Crippen LogP contribution in [0, 0.1) is 11.6 Å². The standard InChI is InChI=1S/C14H10BrF2NO/c15-9-5-4-8(12(17)7-9)6-13(19)10-2-1-3-11(16)14(10)18/h1-5,7H,6,18H2. The van der Waals surface area contributed by atoms with Crippen LogP contribution in [0.5, 0.6) is 0 Å². The van der Waals surface area contributed by atoms with Gasteiger partial charge in [0.05, 0.1) is 5.69 Å². The number of anilines is 1. The van der Waals surface area contributed by atoms with Gasteiger partial charge in [0.25, 0.3) is 0 Å². The van der Waals surface area contributed by atoms with Gasteiger partial charge in [-0.25, -0.2) is 8.78 Å². The average molecular weight is 326 g/mol. The fourth-order valence-electron chi connectivity index (χ4n) is 1.71. The zero-order chi connectivity index (χ0) is 14.0. The zero-order valence-electron chi connectivity index (χ0n) is 9.79. The van der Waals surface area contributed by atoms with E-state index in [1.54, 1.807) is 6.07 Å². The van der Waals surface area contributed by atoms with E-state index in [0.717, 1.165) is 0 Å². The smallest absolute Gasteiger partial charge is 0.169 e. The second kappa shape index (κ2) is 5.48. The van der Waals surface area contributed by atoms with Crippen molar-refractivity contribution < 1.29 is 13.6 Å². The normalized spacial score (nSPS) is 10.5. The summed E-state index contributed by atoms with van der Waals surface area (Å²) in [4.78, 5) is 12.0. The minimum atomic E-state index is -0.651. The van der Waals surface area contributed by atoms with Crippen LogP contribution in [0.15, 0.2) is 40.9 Å². The van der Waals surface area contributed by atoms with Gasteiger partial charge in [-0.05, 0) is 29.8 Å². The van der Waals surface area contributed by atoms with E-state index in [0.29, 0.717) is 4.47 Å². The fraction of sp³-hybridized carbons (Fsp3) is 0.0714. The van der Waals surface area contributed by atoms with E-state index in [1.165, 1.54) is 30.3 Å². The molecule has 0 bridgehead atoms. The number of carbonyl (C=O) groups excluding carboxylic acids is 1. The summed E-state index contributed by atoms with van der Waals surface area (Å²) in [5, 5.41) is 0. The van der Waals surface area contributed by atoms with E-state index >= 15 is 0 Å². The predicted octanol–water partition coefficient (Wildman–Crippen LogP) is 3.73. The summed E-state index contributed by atoms with van der Waals surface area (Å²) >= 11 is 3.13. The van der Waals surface area contributed by atoms with Crippen molar-refractivity contribution in [2.24, 2.45) is 0 Å². The average Bonchev–Trinajstić information content (AvgIpc) is 2.36. The Kier molecular flexibility index (Phi) is 3.95. The first kappa shape index (κ1) is 13.7. The van der Waals surface area contributed by atoms with Gasteiger partial charge in [-0.2, -0.15) is 0 Å². The van der Waals surface area contributed by atoms with Gasteiger partial charge >= 0.3 is 0 Å². The molecule has 5 heteroatoms. The quantitative estimate of drug-likeness (QED) is 0.690. The van der Waals surface area contributed by atoms with Crippen molar-refractivity contribution in [2.75, 3.05) is 5.73 Å². The predicted molar refractivity (Wildman–Crippen MR) is 72.9 cm³/mol. The first-order valence-electron chi connectivity index (χ1n) is 5.50. The van der Waals surface area contributed by atoms with Crippen LogP contribution in [0.1, 0.15) is 15.9 Å². The lowest BCUT2D eigenvalue weighted by Crippen LogP contribution is -2.09. The van der Waals surface area contributed by atoms with E-state index in [-0.39, 0.29) is 23.2 Å². The number of hydrogen-bond acceptors (Lipinski definition) is 2. The van der Waals surface area contributed by atoms with Crippen LogP contribution in [0.3, 0.4) is 0 Å². The molecular weight excluding hydrogens is 316 g/mol. The van der Waals surface area contributed by atoms with Crippen LogP contribution in [0.25, 0.3) is 0 Å². The van der Waals surface area contributed by atoms with E-state index in [2.05, 4.69) is 15.9 Å². The summed E-state index contributed by atoms with van der Waals surface area (Å²) in [6, 6.07) is 8.42. The molecule has 2 aromatic rings. The van der Waals surface area contributed by atoms with E-state index < -0.39 is 17.4 Å². The number of ketones is 1. The third-order valence-corrected chi connectivity index (χ3v) is 3.21. The van der Waals surface area contributed by atoms with Crippen LogP contribution < -0.4 is 5.73 Å². The number of halogens is 3. The Hall–Kier alpha value is -1.75. The van der Waals surface area contributed by atoms with Crippen molar-refractivity contribution in [1.82, 2.24) is 0 Å². The molecule has 98 valence electrons. The highest BCUT2D eigenvalue weighted by Crippen LogP contribution is 2.20.